The molecule has 0 aliphatic rings. The number of sulfonamides is 1. The van der Waals surface area contributed by atoms with E-state index in [-0.39, 0.29) is 5.75 Å². The highest BCUT2D eigenvalue weighted by atomic mass is 32.2. The summed E-state index contributed by atoms with van der Waals surface area (Å²) < 4.78 is 26.4. The van der Waals surface area contributed by atoms with E-state index < -0.39 is 10.0 Å². The summed E-state index contributed by atoms with van der Waals surface area (Å²) in [7, 11) is 0.801. The molecule has 0 unspecified atom stereocenters. The van der Waals surface area contributed by atoms with Gasteiger partial charge in [0, 0.05) is 19.6 Å². The molecule has 0 aromatic carbocycles. The second-order valence-corrected chi connectivity index (χ2v) is 8.06. The highest BCUT2D eigenvalue weighted by molar-refractivity contribution is 7.89. The summed E-state index contributed by atoms with van der Waals surface area (Å²) in [5, 5.41) is 3.25. The minimum Gasteiger partial charge on any atom is -0.317 e. The van der Waals surface area contributed by atoms with Crippen LogP contribution in [0.15, 0.2) is 0 Å². The summed E-state index contributed by atoms with van der Waals surface area (Å²) in [5.41, 5.74) is 0. The Labute approximate surface area is 125 Å². The van der Waals surface area contributed by atoms with Crippen molar-refractivity contribution in [2.45, 2.75) is 33.6 Å². The van der Waals surface area contributed by atoms with Crippen LogP contribution < -0.4 is 5.32 Å². The Morgan fingerprint density at radius 1 is 1.10 bits per heavy atom. The minimum atomic E-state index is -3.13. The zero-order valence-electron chi connectivity index (χ0n) is 13.9. The summed E-state index contributed by atoms with van der Waals surface area (Å²) in [6.07, 6.45) is 1.76. The molecule has 0 amide bonds. The maximum absolute atomic E-state index is 12.4. The molecule has 6 heteroatoms. The highest BCUT2D eigenvalue weighted by Crippen LogP contribution is 2.07. The average Bonchev–Trinajstić information content (AvgIpc) is 2.33. The first-order valence-corrected chi connectivity index (χ1v) is 9.23. The second kappa shape index (κ2) is 10.5. The standard InChI is InChI=1S/C14H33N3O2S/c1-6-8-15-9-7-12-20(18,19)17(13-14(2)3)11-10-16(4)5/h14-15H,6-13H2,1-5H3. The lowest BCUT2D eigenvalue weighted by Crippen LogP contribution is -2.40. The van der Waals surface area contributed by atoms with Gasteiger partial charge in [0.2, 0.25) is 10.0 Å². The fraction of sp³-hybridized carbons (Fsp3) is 1.00. The van der Waals surface area contributed by atoms with Crippen LogP contribution >= 0.6 is 0 Å². The summed E-state index contributed by atoms with van der Waals surface area (Å²) in [4.78, 5) is 2.02. The van der Waals surface area contributed by atoms with E-state index in [2.05, 4.69) is 26.1 Å². The normalized spacial score (nSPS) is 12.8. The van der Waals surface area contributed by atoms with E-state index in [1.165, 1.54) is 0 Å². The van der Waals surface area contributed by atoms with E-state index in [1.807, 2.05) is 19.0 Å². The number of nitrogens with zero attached hydrogens (tertiary/aromatic N) is 2. The predicted octanol–water partition coefficient (Wildman–Crippen LogP) is 1.23. The Kier molecular flexibility index (Phi) is 10.5. The van der Waals surface area contributed by atoms with Gasteiger partial charge in [0.25, 0.3) is 0 Å². The number of hydrogen-bond donors (Lipinski definition) is 1. The van der Waals surface area contributed by atoms with Crippen LogP contribution in [0.2, 0.25) is 0 Å². The van der Waals surface area contributed by atoms with Crippen LogP contribution in [-0.2, 0) is 10.0 Å². The largest absolute Gasteiger partial charge is 0.317 e. The van der Waals surface area contributed by atoms with Gasteiger partial charge in [-0.05, 0) is 45.9 Å². The van der Waals surface area contributed by atoms with Crippen LogP contribution in [-0.4, -0.2) is 70.2 Å². The summed E-state index contributed by atoms with van der Waals surface area (Å²) in [6.45, 7) is 9.90. The van der Waals surface area contributed by atoms with Gasteiger partial charge >= 0.3 is 0 Å². The van der Waals surface area contributed by atoms with Gasteiger partial charge in [-0.2, -0.15) is 0 Å². The van der Waals surface area contributed by atoms with Gasteiger partial charge in [-0.25, -0.2) is 12.7 Å². The Morgan fingerprint density at radius 2 is 1.75 bits per heavy atom. The first-order valence-electron chi connectivity index (χ1n) is 7.62. The van der Waals surface area contributed by atoms with Crippen molar-refractivity contribution in [1.82, 2.24) is 14.5 Å². The molecule has 0 aromatic rings. The van der Waals surface area contributed by atoms with Gasteiger partial charge in [0.05, 0.1) is 5.75 Å². The Bertz CT molecular complexity index is 329. The molecule has 0 spiro atoms. The fourth-order valence-corrected chi connectivity index (χ4v) is 3.53. The van der Waals surface area contributed by atoms with Crippen LogP contribution in [0.5, 0.6) is 0 Å². The van der Waals surface area contributed by atoms with Crippen molar-refractivity contribution in [3.63, 3.8) is 0 Å². The maximum atomic E-state index is 12.4. The topological polar surface area (TPSA) is 52.7 Å². The molecule has 122 valence electrons. The average molecular weight is 308 g/mol. The van der Waals surface area contributed by atoms with Crippen molar-refractivity contribution in [1.29, 1.82) is 0 Å². The molecule has 5 nitrogen and oxygen atoms in total. The van der Waals surface area contributed by atoms with Crippen molar-refractivity contribution in [3.05, 3.63) is 0 Å². The van der Waals surface area contributed by atoms with Gasteiger partial charge in [-0.3, -0.25) is 0 Å². The molecule has 0 saturated carbocycles. The minimum absolute atomic E-state index is 0.240. The van der Waals surface area contributed by atoms with Gasteiger partial charge in [0.15, 0.2) is 0 Å². The molecule has 0 rings (SSSR count). The third kappa shape index (κ3) is 9.69. The number of hydrogen-bond acceptors (Lipinski definition) is 4. The summed E-state index contributed by atoms with van der Waals surface area (Å²) in [6, 6.07) is 0. The molecule has 0 aliphatic heterocycles. The van der Waals surface area contributed by atoms with Crippen LogP contribution in [0.1, 0.15) is 33.6 Å². The van der Waals surface area contributed by atoms with Gasteiger partial charge in [0.1, 0.15) is 0 Å². The van der Waals surface area contributed by atoms with E-state index >= 15 is 0 Å². The molecule has 0 aromatic heterocycles. The van der Waals surface area contributed by atoms with Crippen LogP contribution in [0.4, 0.5) is 0 Å². The Hall–Kier alpha value is -0.170. The first kappa shape index (κ1) is 19.8. The Balaban J connectivity index is 4.36. The lowest BCUT2D eigenvalue weighted by molar-refractivity contribution is 0.312. The van der Waals surface area contributed by atoms with Crippen molar-refractivity contribution < 1.29 is 8.42 Å². The molecule has 1 N–H and O–H groups in total. The summed E-state index contributed by atoms with van der Waals surface area (Å²) >= 11 is 0. The molecule has 0 bridgehead atoms. The van der Waals surface area contributed by atoms with Crippen molar-refractivity contribution in [2.75, 3.05) is 52.6 Å². The monoisotopic (exact) mass is 307 g/mol. The van der Waals surface area contributed by atoms with E-state index in [4.69, 9.17) is 0 Å². The van der Waals surface area contributed by atoms with Gasteiger partial charge in [-0.1, -0.05) is 20.8 Å². The van der Waals surface area contributed by atoms with Crippen molar-refractivity contribution in [3.8, 4) is 0 Å². The second-order valence-electron chi connectivity index (χ2n) is 5.97. The predicted molar refractivity (Wildman–Crippen MR) is 86.5 cm³/mol. The Morgan fingerprint density at radius 3 is 2.25 bits per heavy atom. The van der Waals surface area contributed by atoms with Crippen LogP contribution in [0, 0.1) is 5.92 Å². The zero-order chi connectivity index (χ0) is 15.6. The lowest BCUT2D eigenvalue weighted by atomic mass is 10.2. The fourth-order valence-electron chi connectivity index (χ4n) is 1.87. The van der Waals surface area contributed by atoms with Gasteiger partial charge < -0.3 is 10.2 Å². The quantitative estimate of drug-likeness (QED) is 0.551. The number of likely N-dealkylation sites (N-methyl/N-ethyl adjacent to an activating group) is 1. The summed E-state index contributed by atoms with van der Waals surface area (Å²) in [5.74, 6) is 0.592. The van der Waals surface area contributed by atoms with E-state index in [0.717, 1.165) is 26.1 Å². The zero-order valence-corrected chi connectivity index (χ0v) is 14.7. The van der Waals surface area contributed by atoms with Crippen LogP contribution in [0.3, 0.4) is 0 Å². The third-order valence-corrected chi connectivity index (χ3v) is 4.86. The van der Waals surface area contributed by atoms with E-state index in [1.54, 1.807) is 4.31 Å². The van der Waals surface area contributed by atoms with E-state index in [0.29, 0.717) is 25.4 Å². The molecule has 0 aliphatic carbocycles. The number of rotatable bonds is 12. The SMILES string of the molecule is CCCNCCCS(=O)(=O)N(CCN(C)C)CC(C)C. The van der Waals surface area contributed by atoms with Crippen molar-refractivity contribution >= 4 is 10.0 Å². The molecule has 0 atom stereocenters. The van der Waals surface area contributed by atoms with Gasteiger partial charge in [-0.15, -0.1) is 0 Å². The third-order valence-electron chi connectivity index (χ3n) is 2.94. The van der Waals surface area contributed by atoms with Crippen LogP contribution in [0.25, 0.3) is 0 Å². The molecule has 0 radical (unpaired) electrons. The molecule has 0 heterocycles. The van der Waals surface area contributed by atoms with E-state index in [9.17, 15) is 8.42 Å². The molecule has 20 heavy (non-hydrogen) atoms. The molecular weight excluding hydrogens is 274 g/mol. The lowest BCUT2D eigenvalue weighted by Gasteiger charge is -2.25. The molecule has 0 saturated heterocycles. The van der Waals surface area contributed by atoms with Crippen molar-refractivity contribution in [2.24, 2.45) is 5.92 Å². The smallest absolute Gasteiger partial charge is 0.214 e. The maximum Gasteiger partial charge on any atom is 0.214 e. The molecular formula is C14H33N3O2S. The highest BCUT2D eigenvalue weighted by Gasteiger charge is 2.22. The molecule has 0 fully saturated rings. The number of nitrogens with one attached hydrogen (secondary N) is 1. The first-order chi connectivity index (χ1) is 9.29.